The Kier molecular flexibility index (Phi) is 4.53. The van der Waals surface area contributed by atoms with Crippen molar-refractivity contribution in [2.45, 2.75) is 31.7 Å². The maximum Gasteiger partial charge on any atom is 0.0545 e. The fourth-order valence-electron chi connectivity index (χ4n) is 1.12. The lowest BCUT2D eigenvalue weighted by Gasteiger charge is -2.26. The van der Waals surface area contributed by atoms with Crippen LogP contribution in [0.2, 0.25) is 5.02 Å². The van der Waals surface area contributed by atoms with Gasteiger partial charge in [-0.3, -0.25) is 4.21 Å². The lowest BCUT2D eigenvalue weighted by Crippen LogP contribution is -2.39. The Bertz CT molecular complexity index is 387. The van der Waals surface area contributed by atoms with Crippen molar-refractivity contribution in [3.05, 3.63) is 29.3 Å². The van der Waals surface area contributed by atoms with E-state index < -0.39 is 10.8 Å². The molecule has 0 aromatic heterocycles. The third-order valence-corrected chi connectivity index (χ3v) is 4.18. The normalized spacial score (nSPS) is 15.8. The lowest BCUT2D eigenvalue weighted by molar-refractivity contribution is 0.342. The zero-order chi connectivity index (χ0) is 12.3. The van der Waals surface area contributed by atoms with Gasteiger partial charge in [0.05, 0.1) is 10.8 Å². The first-order valence-corrected chi connectivity index (χ1v) is 6.90. The first-order chi connectivity index (χ1) is 7.30. The summed E-state index contributed by atoms with van der Waals surface area (Å²) in [5.41, 5.74) is 5.97. The van der Waals surface area contributed by atoms with Crippen molar-refractivity contribution in [2.75, 3.05) is 5.75 Å². The fraction of sp³-hybridized carbons (Fsp3) is 0.500. The van der Waals surface area contributed by atoms with Crippen LogP contribution in [0.1, 0.15) is 20.8 Å². The zero-order valence-electron chi connectivity index (χ0n) is 9.87. The molecule has 2 atom stereocenters. The van der Waals surface area contributed by atoms with Crippen LogP contribution >= 0.6 is 11.6 Å². The fourth-order valence-corrected chi connectivity index (χ4v) is 2.88. The second kappa shape index (κ2) is 5.30. The molecular weight excluding hydrogens is 242 g/mol. The minimum atomic E-state index is -1.08. The van der Waals surface area contributed by atoms with E-state index in [1.54, 1.807) is 18.2 Å². The Labute approximate surface area is 105 Å². The van der Waals surface area contributed by atoms with Gasteiger partial charge in [-0.15, -0.1) is 0 Å². The third kappa shape index (κ3) is 3.89. The van der Waals surface area contributed by atoms with Crippen LogP contribution in [0.3, 0.4) is 0 Å². The van der Waals surface area contributed by atoms with Crippen LogP contribution < -0.4 is 5.73 Å². The molecule has 2 unspecified atom stereocenters. The van der Waals surface area contributed by atoms with E-state index in [2.05, 4.69) is 0 Å². The number of halogens is 1. The monoisotopic (exact) mass is 259 g/mol. The van der Waals surface area contributed by atoms with E-state index in [0.717, 1.165) is 4.90 Å². The largest absolute Gasteiger partial charge is 0.326 e. The molecule has 0 aliphatic carbocycles. The van der Waals surface area contributed by atoms with Crippen molar-refractivity contribution in [1.82, 2.24) is 0 Å². The first-order valence-electron chi connectivity index (χ1n) is 5.20. The molecule has 0 bridgehead atoms. The van der Waals surface area contributed by atoms with Gasteiger partial charge in [-0.2, -0.15) is 0 Å². The molecule has 0 aliphatic heterocycles. The van der Waals surface area contributed by atoms with Crippen molar-refractivity contribution in [1.29, 1.82) is 0 Å². The predicted molar refractivity (Wildman–Crippen MR) is 70.2 cm³/mol. The van der Waals surface area contributed by atoms with E-state index in [0.29, 0.717) is 10.8 Å². The van der Waals surface area contributed by atoms with E-state index in [9.17, 15) is 4.21 Å². The number of rotatable bonds is 3. The van der Waals surface area contributed by atoms with Crippen LogP contribution in [0.4, 0.5) is 0 Å². The maximum absolute atomic E-state index is 12.0. The van der Waals surface area contributed by atoms with Gasteiger partial charge in [0.25, 0.3) is 0 Å². The molecule has 0 spiro atoms. The Hall–Kier alpha value is -0.380. The van der Waals surface area contributed by atoms with Gasteiger partial charge in [-0.05, 0) is 23.6 Å². The molecule has 0 saturated carbocycles. The molecule has 2 nitrogen and oxygen atoms in total. The molecule has 4 heteroatoms. The summed E-state index contributed by atoms with van der Waals surface area (Å²) in [6.07, 6.45) is 0. The summed E-state index contributed by atoms with van der Waals surface area (Å²) in [6.45, 7) is 6.15. The predicted octanol–water partition coefficient (Wildman–Crippen LogP) is 2.82. The third-order valence-electron chi connectivity index (χ3n) is 2.50. The van der Waals surface area contributed by atoms with Crippen molar-refractivity contribution >= 4 is 22.4 Å². The highest BCUT2D eigenvalue weighted by atomic mass is 35.5. The van der Waals surface area contributed by atoms with Crippen molar-refractivity contribution in [2.24, 2.45) is 11.1 Å². The van der Waals surface area contributed by atoms with Crippen molar-refractivity contribution in [3.63, 3.8) is 0 Å². The van der Waals surface area contributed by atoms with Crippen LogP contribution in [0.5, 0.6) is 0 Å². The standard InChI is InChI=1S/C12H18ClNOS/c1-12(2,3)11(14)8-16(15)10-6-4-5-9(13)7-10/h4-7,11H,8,14H2,1-3H3. The van der Waals surface area contributed by atoms with Gasteiger partial charge in [-0.1, -0.05) is 38.4 Å². The average Bonchev–Trinajstić information content (AvgIpc) is 2.16. The summed E-state index contributed by atoms with van der Waals surface area (Å²) in [5, 5.41) is 0.607. The zero-order valence-corrected chi connectivity index (χ0v) is 11.4. The van der Waals surface area contributed by atoms with Crippen LogP contribution in [-0.2, 0) is 10.8 Å². The molecular formula is C12H18ClNOS. The van der Waals surface area contributed by atoms with Crippen LogP contribution in [-0.4, -0.2) is 16.0 Å². The van der Waals surface area contributed by atoms with Gasteiger partial charge < -0.3 is 5.73 Å². The number of benzene rings is 1. The Morgan fingerprint density at radius 2 is 2.06 bits per heavy atom. The van der Waals surface area contributed by atoms with Crippen LogP contribution in [0.15, 0.2) is 29.2 Å². The highest BCUT2D eigenvalue weighted by molar-refractivity contribution is 7.85. The topological polar surface area (TPSA) is 43.1 Å². The smallest absolute Gasteiger partial charge is 0.0545 e. The summed E-state index contributed by atoms with van der Waals surface area (Å²) < 4.78 is 12.0. The minimum Gasteiger partial charge on any atom is -0.326 e. The van der Waals surface area contributed by atoms with E-state index >= 15 is 0 Å². The van der Waals surface area contributed by atoms with Crippen LogP contribution in [0, 0.1) is 5.41 Å². The molecule has 0 saturated heterocycles. The Balaban J connectivity index is 2.74. The quantitative estimate of drug-likeness (QED) is 0.907. The van der Waals surface area contributed by atoms with E-state index in [4.69, 9.17) is 17.3 Å². The van der Waals surface area contributed by atoms with Gasteiger partial charge in [0.15, 0.2) is 0 Å². The van der Waals surface area contributed by atoms with E-state index in [1.807, 2.05) is 26.8 Å². The summed E-state index contributed by atoms with van der Waals surface area (Å²) in [4.78, 5) is 0.743. The van der Waals surface area contributed by atoms with Gasteiger partial charge >= 0.3 is 0 Å². The summed E-state index contributed by atoms with van der Waals surface area (Å²) >= 11 is 5.85. The van der Waals surface area contributed by atoms with Crippen LogP contribution in [0.25, 0.3) is 0 Å². The van der Waals surface area contributed by atoms with Crippen molar-refractivity contribution in [3.8, 4) is 0 Å². The molecule has 0 radical (unpaired) electrons. The van der Waals surface area contributed by atoms with E-state index in [-0.39, 0.29) is 11.5 Å². The molecule has 2 N–H and O–H groups in total. The number of hydrogen-bond acceptors (Lipinski definition) is 2. The molecule has 16 heavy (non-hydrogen) atoms. The SMILES string of the molecule is CC(C)(C)C(N)CS(=O)c1cccc(Cl)c1. The lowest BCUT2D eigenvalue weighted by atomic mass is 9.89. The summed E-state index contributed by atoms with van der Waals surface area (Å²) in [5.74, 6) is 0.462. The highest BCUT2D eigenvalue weighted by Gasteiger charge is 2.23. The molecule has 1 rings (SSSR count). The molecule has 1 aromatic carbocycles. The maximum atomic E-state index is 12.0. The van der Waals surface area contributed by atoms with Gasteiger partial charge in [0, 0.05) is 21.7 Å². The molecule has 0 heterocycles. The Morgan fingerprint density at radius 1 is 1.44 bits per heavy atom. The summed E-state index contributed by atoms with van der Waals surface area (Å²) in [6, 6.07) is 7.03. The van der Waals surface area contributed by atoms with Crippen molar-refractivity contribution < 1.29 is 4.21 Å². The molecule has 0 fully saturated rings. The Morgan fingerprint density at radius 3 is 2.56 bits per heavy atom. The van der Waals surface area contributed by atoms with E-state index in [1.165, 1.54) is 0 Å². The van der Waals surface area contributed by atoms with Gasteiger partial charge in [0.2, 0.25) is 0 Å². The minimum absolute atomic E-state index is 0.0335. The highest BCUT2D eigenvalue weighted by Crippen LogP contribution is 2.21. The second-order valence-corrected chi connectivity index (χ2v) is 6.87. The second-order valence-electron chi connectivity index (χ2n) is 4.94. The molecule has 0 aliphatic rings. The molecule has 0 amide bonds. The number of hydrogen-bond donors (Lipinski definition) is 1. The van der Waals surface area contributed by atoms with Gasteiger partial charge in [-0.25, -0.2) is 0 Å². The number of nitrogens with two attached hydrogens (primary N) is 1. The molecule has 1 aromatic rings. The summed E-state index contributed by atoms with van der Waals surface area (Å²) in [7, 11) is -1.08. The average molecular weight is 260 g/mol. The first kappa shape index (κ1) is 13.7. The molecule has 90 valence electrons. The van der Waals surface area contributed by atoms with Gasteiger partial charge in [0.1, 0.15) is 0 Å².